The summed E-state index contributed by atoms with van der Waals surface area (Å²) in [6.07, 6.45) is 5.51. The van der Waals surface area contributed by atoms with Crippen LogP contribution in [0.3, 0.4) is 0 Å². The van der Waals surface area contributed by atoms with E-state index in [0.29, 0.717) is 31.0 Å². The molecule has 0 aliphatic carbocycles. The summed E-state index contributed by atoms with van der Waals surface area (Å²) >= 11 is 6.18. The van der Waals surface area contributed by atoms with Gasteiger partial charge in [0.15, 0.2) is 11.6 Å². The van der Waals surface area contributed by atoms with Gasteiger partial charge in [-0.05, 0) is 112 Å². The molecule has 1 saturated heterocycles. The first-order chi connectivity index (χ1) is 37.2. The van der Waals surface area contributed by atoms with E-state index >= 15 is 0 Å². The van der Waals surface area contributed by atoms with E-state index in [1.165, 1.54) is 12.7 Å². The summed E-state index contributed by atoms with van der Waals surface area (Å²) in [5.41, 5.74) is 10.6. The summed E-state index contributed by atoms with van der Waals surface area (Å²) in [5, 5.41) is 24.1. The van der Waals surface area contributed by atoms with Gasteiger partial charge >= 0.3 is 6.03 Å². The minimum absolute atomic E-state index is 0. The Labute approximate surface area is 471 Å². The highest BCUT2D eigenvalue weighted by atomic mass is 79.9. The lowest BCUT2D eigenvalue weighted by Gasteiger charge is -2.41. The monoisotopic (exact) mass is 1200 g/mol. The minimum atomic E-state index is -0.839. The van der Waals surface area contributed by atoms with E-state index in [4.69, 9.17) is 24.7 Å². The van der Waals surface area contributed by atoms with Crippen LogP contribution in [-0.2, 0) is 44.7 Å². The number of piperidine rings is 1. The van der Waals surface area contributed by atoms with Crippen molar-refractivity contribution in [2.24, 2.45) is 17.6 Å². The molecule has 3 aromatic carbocycles. The number of Topliss-reactive ketones (excluding diaryl/α,β-unsaturated/α-hetero) is 1. The standard InChI is InChI=1S/C54H67Br2N11O10.CH3/c1-35(2)48(62-45(69)17-23-74-26-28-76-29-27-75-24-19-66-52(71)46(55)47(56)53(66)72)44(68)32-39(9-7-18-58-54(57)73)51(70)61-40-14-11-36(12-15-40)33-67(20-4-3-5-21-67)22-25-77-41-10-6-8-37(30-41)49-42-31-38(50-59-34-60-65-50)13-16-43(42)63-64-49;/h6,8,10-16,30-31,34-35,39,48H,3-5,7,9,17-29,32-33H2,1-2H3,(H6-,57,58,59,60,61,62,63,64,65,69,70,71,72,73);1H3/q;-1/p+1/t39-,48+;/m1./s1. The first-order valence-corrected chi connectivity index (χ1v) is 27.6. The Hall–Kier alpha value is -6.37. The molecule has 1 fully saturated rings. The smallest absolute Gasteiger partial charge is 0.312 e. The normalized spacial score (nSPS) is 15.1. The van der Waals surface area contributed by atoms with E-state index in [2.05, 4.69) is 73.2 Å². The number of nitrogens with zero attached hydrogens (tertiary/aromatic N) is 5. The number of nitrogens with two attached hydrogens (primary N) is 1. The number of fused-ring (bicyclic) bond motifs is 1. The Kier molecular flexibility index (Phi) is 23.5. The van der Waals surface area contributed by atoms with Crippen molar-refractivity contribution in [1.29, 1.82) is 0 Å². The number of benzene rings is 3. The average Bonchev–Trinajstić information content (AvgIpc) is 4.17. The maximum Gasteiger partial charge on any atom is 0.312 e. The Morgan fingerprint density at radius 2 is 1.54 bits per heavy atom. The lowest BCUT2D eigenvalue weighted by Crippen LogP contribution is -2.52. The zero-order valence-corrected chi connectivity index (χ0v) is 47.6. The highest BCUT2D eigenvalue weighted by molar-refractivity contribution is 9.14. The van der Waals surface area contributed by atoms with Crippen LogP contribution in [0.1, 0.15) is 64.4 Å². The van der Waals surface area contributed by atoms with Crippen LogP contribution < -0.4 is 26.4 Å². The van der Waals surface area contributed by atoms with Crippen molar-refractivity contribution in [3.63, 3.8) is 0 Å². The number of urea groups is 1. The third kappa shape index (κ3) is 17.3. The number of carbonyl (C=O) groups is 6. The van der Waals surface area contributed by atoms with Crippen molar-refractivity contribution in [3.05, 3.63) is 95.0 Å². The summed E-state index contributed by atoms with van der Waals surface area (Å²) in [4.78, 5) is 81.8. The summed E-state index contributed by atoms with van der Waals surface area (Å²) in [6.45, 7) is 9.47. The van der Waals surface area contributed by atoms with Crippen LogP contribution in [0.5, 0.6) is 5.75 Å². The molecular weight excluding hydrogens is 1130 g/mol. The fourth-order valence-corrected chi connectivity index (χ4v) is 10.3. The van der Waals surface area contributed by atoms with Crippen molar-refractivity contribution in [2.45, 2.75) is 71.4 Å². The molecule has 2 aliphatic rings. The molecule has 420 valence electrons. The second kappa shape index (κ2) is 30.1. The molecule has 6 amide bonds. The Morgan fingerprint density at radius 3 is 2.22 bits per heavy atom. The van der Waals surface area contributed by atoms with E-state index in [1.54, 1.807) is 0 Å². The average molecular weight is 1210 g/mol. The molecular formula is C55H71Br2N11O10. The molecule has 0 saturated carbocycles. The number of quaternary nitrogens is 1. The third-order valence-corrected chi connectivity index (χ3v) is 15.6. The largest absolute Gasteiger partial charge is 0.488 e. The number of likely N-dealkylation sites (tertiary alicyclic amines) is 1. The van der Waals surface area contributed by atoms with Gasteiger partial charge in [-0.1, -0.05) is 38.1 Å². The predicted molar refractivity (Wildman–Crippen MR) is 302 cm³/mol. The van der Waals surface area contributed by atoms with Gasteiger partial charge in [0.05, 0.1) is 70.8 Å². The maximum absolute atomic E-state index is 13.9. The molecule has 2 aromatic heterocycles. The van der Waals surface area contributed by atoms with Crippen molar-refractivity contribution in [1.82, 2.24) is 40.9 Å². The van der Waals surface area contributed by atoms with E-state index in [-0.39, 0.29) is 105 Å². The van der Waals surface area contributed by atoms with E-state index in [9.17, 15) is 28.8 Å². The van der Waals surface area contributed by atoms with Crippen molar-refractivity contribution < 1.29 is 52.2 Å². The predicted octanol–water partition coefficient (Wildman–Crippen LogP) is 6.96. The SMILES string of the molecule is CC(C)[C@H](NC(=O)CCOCCOCCOCCN1C(=O)C(Br)=C(Br)C1=O)C(=O)C[C@@H](CCCNC(N)=O)C(=O)Nc1ccc(C[N+]2(CCOc3cccc(-c4n[nH]c5ccc(-c6ncn[nH]6)cc45)c3)CCCCC2)cc1.[CH3-]. The number of amides is 6. The molecule has 0 radical (unpaired) electrons. The van der Waals surface area contributed by atoms with Crippen molar-refractivity contribution in [2.75, 3.05) is 84.3 Å². The number of anilines is 1. The van der Waals surface area contributed by atoms with Crippen molar-refractivity contribution >= 4 is 83.9 Å². The highest BCUT2D eigenvalue weighted by Gasteiger charge is 2.36. The molecule has 0 spiro atoms. The molecule has 0 unspecified atom stereocenters. The Bertz CT molecular complexity index is 2810. The van der Waals surface area contributed by atoms with Crippen molar-refractivity contribution in [3.8, 4) is 28.4 Å². The number of rotatable bonds is 31. The Morgan fingerprint density at radius 1 is 0.833 bits per heavy atom. The molecule has 7 rings (SSSR count). The second-order valence-corrected chi connectivity index (χ2v) is 21.1. The van der Waals surface area contributed by atoms with Crippen LogP contribution in [0.4, 0.5) is 10.5 Å². The quantitative estimate of drug-likeness (QED) is 0.0114. The number of imide groups is 1. The van der Waals surface area contributed by atoms with Gasteiger partial charge in [0.1, 0.15) is 46.4 Å². The third-order valence-electron chi connectivity index (χ3n) is 13.6. The number of aromatic nitrogens is 5. The molecule has 2 atom stereocenters. The summed E-state index contributed by atoms with van der Waals surface area (Å²) < 4.78 is 24.2. The minimum Gasteiger partial charge on any atom is -0.488 e. The molecule has 2 aliphatic heterocycles. The van der Waals surface area contributed by atoms with Gasteiger partial charge in [0, 0.05) is 53.1 Å². The lowest BCUT2D eigenvalue weighted by molar-refractivity contribution is -0.945. The maximum atomic E-state index is 13.9. The number of primary amides is 1. The van der Waals surface area contributed by atoms with E-state index in [1.807, 2.05) is 80.6 Å². The molecule has 0 bridgehead atoms. The van der Waals surface area contributed by atoms with Gasteiger partial charge in [0.2, 0.25) is 11.8 Å². The molecule has 23 heteroatoms. The van der Waals surface area contributed by atoms with Gasteiger partial charge < -0.3 is 52.5 Å². The first kappa shape index (κ1) is 60.9. The van der Waals surface area contributed by atoms with E-state index in [0.717, 1.165) is 87.4 Å². The van der Waals surface area contributed by atoms with Crippen LogP contribution in [0.15, 0.2) is 82.0 Å². The zero-order valence-electron chi connectivity index (χ0n) is 44.5. The fraction of sp³-hybridized carbons (Fsp3) is 0.455. The van der Waals surface area contributed by atoms with Crippen LogP contribution in [0.25, 0.3) is 33.5 Å². The molecule has 7 N–H and O–H groups in total. The molecule has 21 nitrogen and oxygen atoms in total. The van der Waals surface area contributed by atoms with Gasteiger partial charge in [-0.15, -0.1) is 0 Å². The molecule has 4 heterocycles. The lowest BCUT2D eigenvalue weighted by atomic mass is 9.89. The number of ether oxygens (including phenoxy) is 4. The van der Waals surface area contributed by atoms with Crippen LogP contribution >= 0.6 is 31.9 Å². The number of nitrogens with one attached hydrogen (secondary N) is 5. The van der Waals surface area contributed by atoms with Gasteiger partial charge in [-0.3, -0.25) is 39.1 Å². The fourth-order valence-electron chi connectivity index (χ4n) is 9.49. The summed E-state index contributed by atoms with van der Waals surface area (Å²) in [5.74, 6) is -1.39. The number of hydrogen-bond acceptors (Lipinski definition) is 13. The highest BCUT2D eigenvalue weighted by Crippen LogP contribution is 2.32. The van der Waals surface area contributed by atoms with Crippen LogP contribution in [0.2, 0.25) is 0 Å². The van der Waals surface area contributed by atoms with Crippen LogP contribution in [0, 0.1) is 19.3 Å². The topological polar surface area (TPSA) is 275 Å². The molecule has 5 aromatic rings. The number of H-pyrrole nitrogens is 2. The molecule has 78 heavy (non-hydrogen) atoms. The summed E-state index contributed by atoms with van der Waals surface area (Å²) in [6, 6.07) is 20.4. The number of aromatic amines is 2. The second-order valence-electron chi connectivity index (χ2n) is 19.5. The van der Waals surface area contributed by atoms with E-state index < -0.39 is 29.8 Å². The Balaban J connectivity index is 0.00000984. The van der Waals surface area contributed by atoms with Gasteiger partial charge in [-0.25, -0.2) is 9.78 Å². The van der Waals surface area contributed by atoms with Gasteiger partial charge in [-0.2, -0.15) is 10.2 Å². The number of ketones is 1. The van der Waals surface area contributed by atoms with Gasteiger partial charge in [0.25, 0.3) is 11.8 Å². The summed E-state index contributed by atoms with van der Waals surface area (Å²) in [7, 11) is 0. The number of hydrogen-bond donors (Lipinski definition) is 6. The zero-order chi connectivity index (χ0) is 54.7. The number of carbonyl (C=O) groups excluding carboxylic acids is 6. The number of halogens is 2. The first-order valence-electron chi connectivity index (χ1n) is 26.0. The van der Waals surface area contributed by atoms with Crippen LogP contribution in [-0.4, -0.2) is 155 Å².